The van der Waals surface area contributed by atoms with Crippen molar-refractivity contribution in [2.45, 2.75) is 49.7 Å². The predicted molar refractivity (Wildman–Crippen MR) is 97.0 cm³/mol. The predicted octanol–water partition coefficient (Wildman–Crippen LogP) is 2.52. The summed E-state index contributed by atoms with van der Waals surface area (Å²) in [5.41, 5.74) is 1.38. The van der Waals surface area contributed by atoms with Crippen molar-refractivity contribution in [3.05, 3.63) is 34.3 Å². The van der Waals surface area contributed by atoms with Gasteiger partial charge < -0.3 is 15.7 Å². The van der Waals surface area contributed by atoms with E-state index in [1.807, 2.05) is 0 Å². The Morgan fingerprint density at radius 1 is 1.30 bits per heavy atom. The number of carbonyl (C=O) groups is 1. The van der Waals surface area contributed by atoms with Crippen LogP contribution in [0.3, 0.4) is 0 Å². The summed E-state index contributed by atoms with van der Waals surface area (Å²) in [7, 11) is 0. The molecule has 2 fully saturated rings. The Labute approximate surface area is 152 Å². The molecule has 3 N–H and O–H groups in total. The molecular weight excluding hydrogens is 380 g/mol. The van der Waals surface area contributed by atoms with Crippen molar-refractivity contribution >= 4 is 34.2 Å². The molecule has 1 aromatic rings. The van der Waals surface area contributed by atoms with E-state index in [1.165, 1.54) is 18.4 Å². The second kappa shape index (κ2) is 7.97. The van der Waals surface area contributed by atoms with E-state index >= 15 is 0 Å². The van der Waals surface area contributed by atoms with Gasteiger partial charge in [0.15, 0.2) is 0 Å². The van der Waals surface area contributed by atoms with Gasteiger partial charge in [-0.2, -0.15) is 0 Å². The van der Waals surface area contributed by atoms with Gasteiger partial charge in [-0.15, -0.1) is 12.4 Å². The Morgan fingerprint density at radius 2 is 1.96 bits per heavy atom. The Balaban J connectivity index is 0.00000192. The number of carbonyl (C=O) groups excluding carboxylic acids is 1. The Morgan fingerprint density at radius 3 is 2.52 bits per heavy atom. The first-order valence-corrected chi connectivity index (χ1v) is 8.84. The van der Waals surface area contributed by atoms with Crippen LogP contribution in [0.1, 0.15) is 37.7 Å². The average molecular weight is 404 g/mol. The van der Waals surface area contributed by atoms with Crippen molar-refractivity contribution in [2.24, 2.45) is 0 Å². The van der Waals surface area contributed by atoms with E-state index in [2.05, 4.69) is 50.8 Å². The van der Waals surface area contributed by atoms with Gasteiger partial charge in [-0.25, -0.2) is 0 Å². The highest BCUT2D eigenvalue weighted by Gasteiger charge is 2.37. The molecule has 0 aromatic heterocycles. The summed E-state index contributed by atoms with van der Waals surface area (Å²) in [5, 5.41) is 15.7. The van der Waals surface area contributed by atoms with Gasteiger partial charge in [-0.1, -0.05) is 40.9 Å². The van der Waals surface area contributed by atoms with Gasteiger partial charge >= 0.3 is 0 Å². The minimum Gasteiger partial charge on any atom is -0.392 e. The second-order valence-corrected chi connectivity index (χ2v) is 7.48. The third-order valence-corrected chi connectivity index (χ3v) is 5.57. The Bertz CT molecular complexity index is 532. The van der Waals surface area contributed by atoms with Crippen molar-refractivity contribution in [1.29, 1.82) is 0 Å². The van der Waals surface area contributed by atoms with Crippen LogP contribution in [0.2, 0.25) is 0 Å². The number of amides is 1. The zero-order valence-corrected chi connectivity index (χ0v) is 15.5. The van der Waals surface area contributed by atoms with Crippen molar-refractivity contribution in [2.75, 3.05) is 13.1 Å². The molecule has 1 aliphatic carbocycles. The molecule has 0 bridgehead atoms. The summed E-state index contributed by atoms with van der Waals surface area (Å²) in [5.74, 6) is 0.0138. The molecule has 1 saturated heterocycles. The van der Waals surface area contributed by atoms with Gasteiger partial charge in [0.1, 0.15) is 0 Å². The van der Waals surface area contributed by atoms with Crippen LogP contribution in [0.15, 0.2) is 28.7 Å². The number of halogens is 2. The highest BCUT2D eigenvalue weighted by atomic mass is 79.9. The van der Waals surface area contributed by atoms with E-state index in [0.29, 0.717) is 19.5 Å². The van der Waals surface area contributed by atoms with E-state index < -0.39 is 6.10 Å². The normalized spacial score (nSPS) is 25.8. The highest BCUT2D eigenvalue weighted by Crippen LogP contribution is 2.41. The quantitative estimate of drug-likeness (QED) is 0.724. The number of hydrogen-bond donors (Lipinski definition) is 3. The largest absolute Gasteiger partial charge is 0.392 e. The molecule has 6 heteroatoms. The smallest absolute Gasteiger partial charge is 0.237 e. The molecule has 1 aliphatic heterocycles. The molecule has 128 valence electrons. The molecule has 1 amide bonds. The van der Waals surface area contributed by atoms with Crippen molar-refractivity contribution in [3.8, 4) is 0 Å². The highest BCUT2D eigenvalue weighted by molar-refractivity contribution is 9.10. The third-order valence-electron chi connectivity index (χ3n) is 5.04. The molecule has 3 rings (SSSR count). The molecular formula is C17H24BrClN2O2. The first-order valence-electron chi connectivity index (χ1n) is 8.04. The standard InChI is InChI=1S/C17H23BrN2O2.ClH/c18-13-5-3-12(4-6-13)17(7-1-2-8-17)11-20-16(22)15-9-14(21)10-19-15;/h3-6,14-15,19,21H,1-2,7-11H2,(H,20,22);1H. The van der Waals surface area contributed by atoms with Crippen LogP contribution < -0.4 is 10.6 Å². The maximum atomic E-state index is 12.3. The summed E-state index contributed by atoms with van der Waals surface area (Å²) in [6, 6.07) is 8.23. The lowest BCUT2D eigenvalue weighted by Gasteiger charge is -2.30. The summed E-state index contributed by atoms with van der Waals surface area (Å²) in [6.07, 6.45) is 4.78. The number of aliphatic hydroxyl groups excluding tert-OH is 1. The van der Waals surface area contributed by atoms with Crippen molar-refractivity contribution < 1.29 is 9.90 Å². The molecule has 23 heavy (non-hydrogen) atoms. The van der Waals surface area contributed by atoms with Crippen molar-refractivity contribution in [3.63, 3.8) is 0 Å². The monoisotopic (exact) mass is 402 g/mol. The van der Waals surface area contributed by atoms with Crippen LogP contribution in [0, 0.1) is 0 Å². The molecule has 2 aliphatic rings. The molecule has 1 heterocycles. The number of nitrogens with one attached hydrogen (secondary N) is 2. The van der Waals surface area contributed by atoms with Crippen LogP contribution in [0.25, 0.3) is 0 Å². The number of hydrogen-bond acceptors (Lipinski definition) is 3. The van der Waals surface area contributed by atoms with Crippen molar-refractivity contribution in [1.82, 2.24) is 10.6 Å². The summed E-state index contributed by atoms with van der Waals surface area (Å²) in [6.45, 7) is 1.19. The van der Waals surface area contributed by atoms with Crippen LogP contribution >= 0.6 is 28.3 Å². The first kappa shape index (κ1) is 18.7. The van der Waals surface area contributed by atoms with E-state index in [9.17, 15) is 9.90 Å². The number of rotatable bonds is 4. The Kier molecular flexibility index (Phi) is 6.48. The van der Waals surface area contributed by atoms with Gasteiger partial charge in [-0.3, -0.25) is 4.79 Å². The number of aliphatic hydroxyl groups is 1. The van der Waals surface area contributed by atoms with Gasteiger partial charge in [0.25, 0.3) is 0 Å². The van der Waals surface area contributed by atoms with E-state index in [4.69, 9.17) is 0 Å². The zero-order chi connectivity index (χ0) is 15.6. The first-order chi connectivity index (χ1) is 10.6. The summed E-state index contributed by atoms with van der Waals surface area (Å²) >= 11 is 3.48. The SMILES string of the molecule is Cl.O=C(NCC1(c2ccc(Br)cc2)CCCC1)C1CC(O)CN1. The number of benzene rings is 1. The number of β-amino-alcohol motifs (C(OH)–C–C–N with tert-alkyl or cyclic N) is 1. The lowest BCUT2D eigenvalue weighted by atomic mass is 9.79. The van der Waals surface area contributed by atoms with Crippen LogP contribution in [-0.2, 0) is 10.2 Å². The van der Waals surface area contributed by atoms with Gasteiger partial charge in [0.05, 0.1) is 12.1 Å². The fourth-order valence-electron chi connectivity index (χ4n) is 3.72. The van der Waals surface area contributed by atoms with E-state index in [1.54, 1.807) is 0 Å². The molecule has 1 aromatic carbocycles. The summed E-state index contributed by atoms with van der Waals surface area (Å²) in [4.78, 5) is 12.3. The molecule has 1 saturated carbocycles. The molecule has 4 nitrogen and oxygen atoms in total. The van der Waals surface area contributed by atoms with Gasteiger partial charge in [-0.05, 0) is 37.0 Å². The second-order valence-electron chi connectivity index (χ2n) is 6.56. The van der Waals surface area contributed by atoms with E-state index in [0.717, 1.165) is 17.3 Å². The maximum Gasteiger partial charge on any atom is 0.237 e. The van der Waals surface area contributed by atoms with Crippen LogP contribution in [-0.4, -0.2) is 36.2 Å². The fraction of sp³-hybridized carbons (Fsp3) is 0.588. The topological polar surface area (TPSA) is 61.4 Å². The minimum atomic E-state index is -0.400. The minimum absolute atomic E-state index is 0. The molecule has 2 unspecified atom stereocenters. The average Bonchev–Trinajstić information content (AvgIpc) is 3.15. The molecule has 0 spiro atoms. The maximum absolute atomic E-state index is 12.3. The molecule has 2 atom stereocenters. The third kappa shape index (κ3) is 4.27. The van der Waals surface area contributed by atoms with Gasteiger partial charge in [0, 0.05) is 23.0 Å². The van der Waals surface area contributed by atoms with E-state index in [-0.39, 0.29) is 29.8 Å². The Hall–Kier alpha value is -0.620. The molecule has 0 radical (unpaired) electrons. The van der Waals surface area contributed by atoms with Gasteiger partial charge in [0.2, 0.25) is 5.91 Å². The fourth-order valence-corrected chi connectivity index (χ4v) is 3.98. The van der Waals surface area contributed by atoms with Crippen LogP contribution in [0.5, 0.6) is 0 Å². The zero-order valence-electron chi connectivity index (χ0n) is 13.1. The van der Waals surface area contributed by atoms with Crippen LogP contribution in [0.4, 0.5) is 0 Å². The lowest BCUT2D eigenvalue weighted by Crippen LogP contribution is -2.46. The summed E-state index contributed by atoms with van der Waals surface area (Å²) < 4.78 is 1.08. The lowest BCUT2D eigenvalue weighted by molar-refractivity contribution is -0.123.